The summed E-state index contributed by atoms with van der Waals surface area (Å²) < 4.78 is 0. The molecule has 0 aliphatic carbocycles. The molecule has 1 aromatic carbocycles. The van der Waals surface area contributed by atoms with Crippen LogP contribution >= 0.6 is 0 Å². The number of carbonyl (C=O) groups is 1. The van der Waals surface area contributed by atoms with Crippen molar-refractivity contribution in [1.29, 1.82) is 0 Å². The second-order valence-electron chi connectivity index (χ2n) is 7.38. The van der Waals surface area contributed by atoms with Crippen LogP contribution in [0.2, 0.25) is 0 Å². The molecule has 2 radical (unpaired) electrons. The average Bonchev–Trinajstić information content (AvgIpc) is 3.42. The number of amides is 2. The molecule has 11 heteroatoms. The van der Waals surface area contributed by atoms with Crippen molar-refractivity contribution in [3.8, 4) is 0 Å². The molecule has 2 amide bonds. The van der Waals surface area contributed by atoms with E-state index in [1.807, 2.05) is 24.3 Å². The Morgan fingerprint density at radius 1 is 1.32 bits per heavy atom. The molecule has 1 fully saturated rings. The minimum absolute atomic E-state index is 0.0451. The molecular formula is C20H24BN9O. The van der Waals surface area contributed by atoms with Crippen LogP contribution in [0, 0.1) is 0 Å². The summed E-state index contributed by atoms with van der Waals surface area (Å²) in [5.41, 5.74) is 8.77. The number of aromatic amines is 1. The van der Waals surface area contributed by atoms with Gasteiger partial charge in [-0.1, -0.05) is 6.07 Å². The molecule has 3 aromatic rings. The van der Waals surface area contributed by atoms with E-state index >= 15 is 0 Å². The van der Waals surface area contributed by atoms with E-state index in [0.717, 1.165) is 24.2 Å². The Hall–Kier alpha value is -3.60. The van der Waals surface area contributed by atoms with E-state index < -0.39 is 0 Å². The first kappa shape index (κ1) is 20.7. The number of aromatic nitrogens is 4. The lowest BCUT2D eigenvalue weighted by molar-refractivity contribution is 0.222. The van der Waals surface area contributed by atoms with Crippen LogP contribution in [0.1, 0.15) is 12.1 Å². The maximum atomic E-state index is 12.4. The highest BCUT2D eigenvalue weighted by Crippen LogP contribution is 2.19. The lowest BCUT2D eigenvalue weighted by Gasteiger charge is -2.17. The van der Waals surface area contributed by atoms with Crippen molar-refractivity contribution in [2.24, 2.45) is 5.73 Å². The van der Waals surface area contributed by atoms with Gasteiger partial charge in [-0.15, -0.1) is 0 Å². The first-order chi connectivity index (χ1) is 15.1. The van der Waals surface area contributed by atoms with Crippen LogP contribution in [0.4, 0.5) is 27.9 Å². The second kappa shape index (κ2) is 9.48. The van der Waals surface area contributed by atoms with Gasteiger partial charge in [0.2, 0.25) is 5.95 Å². The summed E-state index contributed by atoms with van der Waals surface area (Å²) in [4.78, 5) is 29.8. The SMILES string of the molecule is [B]c1cnc(Nc2cccc(NC(=O)N3CCC(N)C3)c2)nc1NCCc1cnc[nH]1. The third kappa shape index (κ3) is 5.51. The van der Waals surface area contributed by atoms with Gasteiger partial charge in [-0.3, -0.25) is 0 Å². The van der Waals surface area contributed by atoms with Crippen LogP contribution in [0.25, 0.3) is 0 Å². The third-order valence-corrected chi connectivity index (χ3v) is 4.94. The number of hydrogen-bond donors (Lipinski definition) is 5. The van der Waals surface area contributed by atoms with E-state index in [9.17, 15) is 4.79 Å². The molecule has 1 aliphatic rings. The summed E-state index contributed by atoms with van der Waals surface area (Å²) >= 11 is 0. The van der Waals surface area contributed by atoms with Crippen molar-refractivity contribution in [2.75, 3.05) is 35.6 Å². The summed E-state index contributed by atoms with van der Waals surface area (Å²) in [6.07, 6.45) is 6.56. The first-order valence-electron chi connectivity index (χ1n) is 10.1. The van der Waals surface area contributed by atoms with Crippen LogP contribution < -0.4 is 27.1 Å². The lowest BCUT2D eigenvalue weighted by atomic mass is 9.99. The van der Waals surface area contributed by atoms with Crippen LogP contribution in [0.3, 0.4) is 0 Å². The zero-order chi connectivity index (χ0) is 21.6. The Balaban J connectivity index is 1.37. The molecule has 6 N–H and O–H groups in total. The number of urea groups is 1. The fourth-order valence-corrected chi connectivity index (χ4v) is 3.31. The van der Waals surface area contributed by atoms with Gasteiger partial charge in [0.15, 0.2) is 0 Å². The molecule has 0 bridgehead atoms. The highest BCUT2D eigenvalue weighted by molar-refractivity contribution is 6.35. The average molecular weight is 417 g/mol. The smallest absolute Gasteiger partial charge is 0.321 e. The number of H-pyrrole nitrogens is 1. The summed E-state index contributed by atoms with van der Waals surface area (Å²) in [7, 11) is 5.99. The molecule has 1 unspecified atom stereocenters. The maximum absolute atomic E-state index is 12.4. The van der Waals surface area contributed by atoms with E-state index in [1.165, 1.54) is 0 Å². The Morgan fingerprint density at radius 3 is 2.97 bits per heavy atom. The molecular weight excluding hydrogens is 393 g/mol. The first-order valence-corrected chi connectivity index (χ1v) is 10.1. The molecule has 158 valence electrons. The fourth-order valence-electron chi connectivity index (χ4n) is 3.31. The molecule has 1 aliphatic heterocycles. The van der Waals surface area contributed by atoms with Gasteiger partial charge in [-0.2, -0.15) is 4.98 Å². The molecule has 0 saturated carbocycles. The number of carbonyl (C=O) groups excluding carboxylic acids is 1. The quantitative estimate of drug-likeness (QED) is 0.361. The lowest BCUT2D eigenvalue weighted by Crippen LogP contribution is -2.35. The summed E-state index contributed by atoms with van der Waals surface area (Å²) in [5, 5.41) is 9.26. The number of anilines is 4. The predicted molar refractivity (Wildman–Crippen MR) is 121 cm³/mol. The number of hydrogen-bond acceptors (Lipinski definition) is 7. The van der Waals surface area contributed by atoms with Gasteiger partial charge in [0.25, 0.3) is 0 Å². The predicted octanol–water partition coefficient (Wildman–Crippen LogP) is 0.957. The van der Waals surface area contributed by atoms with E-state index in [1.54, 1.807) is 23.6 Å². The van der Waals surface area contributed by atoms with Crippen molar-refractivity contribution in [3.05, 3.63) is 48.7 Å². The zero-order valence-corrected chi connectivity index (χ0v) is 17.0. The molecule has 4 rings (SSSR count). The second-order valence-corrected chi connectivity index (χ2v) is 7.38. The summed E-state index contributed by atoms with van der Waals surface area (Å²) in [6, 6.07) is 7.24. The normalized spacial score (nSPS) is 15.6. The van der Waals surface area contributed by atoms with Crippen molar-refractivity contribution in [2.45, 2.75) is 18.9 Å². The minimum atomic E-state index is -0.155. The van der Waals surface area contributed by atoms with Crippen LogP contribution in [-0.2, 0) is 6.42 Å². The van der Waals surface area contributed by atoms with Crippen molar-refractivity contribution >= 4 is 42.5 Å². The zero-order valence-electron chi connectivity index (χ0n) is 17.0. The summed E-state index contributed by atoms with van der Waals surface area (Å²) in [6.45, 7) is 1.88. The van der Waals surface area contributed by atoms with Gasteiger partial charge in [-0.05, 0) is 30.1 Å². The molecule has 1 saturated heterocycles. The van der Waals surface area contributed by atoms with E-state index in [-0.39, 0.29) is 12.1 Å². The molecule has 10 nitrogen and oxygen atoms in total. The summed E-state index contributed by atoms with van der Waals surface area (Å²) in [5.74, 6) is 0.944. The van der Waals surface area contributed by atoms with Gasteiger partial charge in [0, 0.05) is 61.6 Å². The number of benzene rings is 1. The Labute approximate surface area is 181 Å². The van der Waals surface area contributed by atoms with Crippen molar-refractivity contribution < 1.29 is 4.79 Å². The largest absolute Gasteiger partial charge is 0.370 e. The molecule has 0 spiro atoms. The fraction of sp³-hybridized carbons (Fsp3) is 0.300. The van der Waals surface area contributed by atoms with Gasteiger partial charge in [-0.25, -0.2) is 14.8 Å². The third-order valence-electron chi connectivity index (χ3n) is 4.94. The highest BCUT2D eigenvalue weighted by atomic mass is 16.2. The maximum Gasteiger partial charge on any atom is 0.321 e. The molecule has 31 heavy (non-hydrogen) atoms. The Kier molecular flexibility index (Phi) is 6.32. The Morgan fingerprint density at radius 2 is 2.19 bits per heavy atom. The topological polar surface area (TPSA) is 137 Å². The van der Waals surface area contributed by atoms with Gasteiger partial charge >= 0.3 is 6.03 Å². The number of nitrogens with zero attached hydrogens (tertiary/aromatic N) is 4. The molecule has 2 aromatic heterocycles. The van der Waals surface area contributed by atoms with Gasteiger partial charge in [0.1, 0.15) is 13.7 Å². The van der Waals surface area contributed by atoms with Crippen molar-refractivity contribution in [3.63, 3.8) is 0 Å². The number of likely N-dealkylation sites (tertiary alicyclic amines) is 1. The van der Waals surface area contributed by atoms with Gasteiger partial charge in [0.05, 0.1) is 6.33 Å². The highest BCUT2D eigenvalue weighted by Gasteiger charge is 2.23. The van der Waals surface area contributed by atoms with Gasteiger partial charge < -0.3 is 31.6 Å². The van der Waals surface area contributed by atoms with E-state index in [2.05, 4.69) is 35.9 Å². The molecule has 3 heterocycles. The van der Waals surface area contributed by atoms with Crippen LogP contribution in [0.5, 0.6) is 0 Å². The number of nitrogens with two attached hydrogens (primary N) is 1. The van der Waals surface area contributed by atoms with Crippen molar-refractivity contribution in [1.82, 2.24) is 24.8 Å². The minimum Gasteiger partial charge on any atom is -0.370 e. The van der Waals surface area contributed by atoms with E-state index in [0.29, 0.717) is 42.6 Å². The van der Waals surface area contributed by atoms with E-state index in [4.69, 9.17) is 13.6 Å². The standard InChI is InChI=1S/C20H24BN9O/c21-17-10-25-19(29-18(17)24-6-4-16-9-23-12-26-16)27-14-2-1-3-15(8-14)28-20(31)30-7-5-13(22)11-30/h1-3,8-10,12-13H,4-7,11,22H2,(H,23,26)(H,28,31)(H2,24,25,27,29). The molecule has 1 atom stereocenters. The van der Waals surface area contributed by atoms with Crippen LogP contribution in [-0.4, -0.2) is 64.4 Å². The number of nitrogens with one attached hydrogen (secondary N) is 4. The number of imidazole rings is 1. The van der Waals surface area contributed by atoms with Crippen LogP contribution in [0.15, 0.2) is 43.0 Å². The number of rotatable bonds is 7. The Bertz CT molecular complexity index is 1030. The monoisotopic (exact) mass is 417 g/mol.